The van der Waals surface area contributed by atoms with E-state index in [0.717, 1.165) is 6.42 Å². The molecule has 2 heteroatoms. The Kier molecular flexibility index (Phi) is 5.99. The number of carbonyl (C=O) groups is 1. The molecule has 0 fully saturated rings. The summed E-state index contributed by atoms with van der Waals surface area (Å²) in [7, 11) is 0. The molecule has 0 saturated heterocycles. The van der Waals surface area contributed by atoms with E-state index in [0.29, 0.717) is 12.3 Å². The van der Waals surface area contributed by atoms with Crippen molar-refractivity contribution in [1.29, 1.82) is 0 Å². The van der Waals surface area contributed by atoms with Crippen LogP contribution in [0.25, 0.3) is 0 Å². The van der Waals surface area contributed by atoms with Crippen molar-refractivity contribution in [1.82, 2.24) is 0 Å². The third kappa shape index (κ3) is 6.35. The Hall–Kier alpha value is -0.370. The van der Waals surface area contributed by atoms with Gasteiger partial charge >= 0.3 is 0 Å². The van der Waals surface area contributed by atoms with Crippen LogP contribution in [0.4, 0.5) is 0 Å². The molecule has 0 heterocycles. The van der Waals surface area contributed by atoms with E-state index >= 15 is 0 Å². The van der Waals surface area contributed by atoms with Crippen molar-refractivity contribution in [3.8, 4) is 0 Å². The van der Waals surface area contributed by atoms with Crippen molar-refractivity contribution < 1.29 is 9.53 Å². The Morgan fingerprint density at radius 3 is 2.33 bits per heavy atom. The monoisotopic (exact) mass is 172 g/mol. The lowest BCUT2D eigenvalue weighted by Gasteiger charge is -2.09. The van der Waals surface area contributed by atoms with Gasteiger partial charge in [-0.25, -0.2) is 0 Å². The Morgan fingerprint density at radius 1 is 1.33 bits per heavy atom. The van der Waals surface area contributed by atoms with Gasteiger partial charge in [-0.1, -0.05) is 20.3 Å². The molecule has 0 aromatic carbocycles. The maximum absolute atomic E-state index is 11.2. The summed E-state index contributed by atoms with van der Waals surface area (Å²) in [5.41, 5.74) is 0. The summed E-state index contributed by atoms with van der Waals surface area (Å²) in [6.45, 7) is 8.35. The largest absolute Gasteiger partial charge is 0.371 e. The summed E-state index contributed by atoms with van der Waals surface area (Å²) in [4.78, 5) is 11.2. The van der Waals surface area contributed by atoms with Crippen LogP contribution in [-0.2, 0) is 9.53 Å². The highest BCUT2D eigenvalue weighted by molar-refractivity contribution is 5.79. The van der Waals surface area contributed by atoms with E-state index in [1.807, 2.05) is 13.8 Å². The van der Waals surface area contributed by atoms with E-state index in [-0.39, 0.29) is 18.5 Å². The Balaban J connectivity index is 3.46. The predicted molar refractivity (Wildman–Crippen MR) is 50.2 cm³/mol. The molecule has 0 rings (SSSR count). The molecule has 0 radical (unpaired) electrons. The van der Waals surface area contributed by atoms with Crippen molar-refractivity contribution in [3.63, 3.8) is 0 Å². The number of ketones is 1. The lowest BCUT2D eigenvalue weighted by Crippen LogP contribution is -2.15. The Morgan fingerprint density at radius 2 is 1.92 bits per heavy atom. The standard InChI is InChI=1S/C10H20O2/c1-5-9(4)6-10(11)7-12-8(2)3/h8-9H,5-7H2,1-4H3. The molecule has 0 aliphatic carbocycles. The highest BCUT2D eigenvalue weighted by Crippen LogP contribution is 2.06. The molecule has 0 spiro atoms. The van der Waals surface area contributed by atoms with Gasteiger partial charge in [0.2, 0.25) is 0 Å². The van der Waals surface area contributed by atoms with Crippen molar-refractivity contribution in [2.75, 3.05) is 6.61 Å². The number of rotatable bonds is 6. The van der Waals surface area contributed by atoms with Crippen LogP contribution in [0.15, 0.2) is 0 Å². The summed E-state index contributed by atoms with van der Waals surface area (Å²) in [5.74, 6) is 0.714. The van der Waals surface area contributed by atoms with Crippen molar-refractivity contribution in [2.45, 2.75) is 46.6 Å². The van der Waals surface area contributed by atoms with Crippen LogP contribution in [0.2, 0.25) is 0 Å². The molecule has 2 nitrogen and oxygen atoms in total. The first-order chi connectivity index (χ1) is 5.56. The first-order valence-electron chi connectivity index (χ1n) is 4.69. The first kappa shape index (κ1) is 11.6. The van der Waals surface area contributed by atoms with Crippen molar-refractivity contribution >= 4 is 5.78 Å². The van der Waals surface area contributed by atoms with Gasteiger partial charge in [-0.3, -0.25) is 4.79 Å². The molecule has 0 aliphatic rings. The van der Waals surface area contributed by atoms with Crippen LogP contribution < -0.4 is 0 Å². The zero-order chi connectivity index (χ0) is 9.56. The van der Waals surface area contributed by atoms with Crippen LogP contribution in [0, 0.1) is 5.92 Å². The molecule has 0 aliphatic heterocycles. The average molecular weight is 172 g/mol. The summed E-state index contributed by atoms with van der Waals surface area (Å²) in [6.07, 6.45) is 1.88. The lowest BCUT2D eigenvalue weighted by atomic mass is 10.0. The summed E-state index contributed by atoms with van der Waals surface area (Å²) < 4.78 is 5.20. The van der Waals surface area contributed by atoms with Crippen molar-refractivity contribution in [2.24, 2.45) is 5.92 Å². The van der Waals surface area contributed by atoms with E-state index in [2.05, 4.69) is 13.8 Å². The minimum absolute atomic E-state index is 0.158. The highest BCUT2D eigenvalue weighted by atomic mass is 16.5. The Bertz CT molecular complexity index is 130. The molecule has 0 aromatic heterocycles. The first-order valence-corrected chi connectivity index (χ1v) is 4.69. The fraction of sp³-hybridized carbons (Fsp3) is 0.900. The van der Waals surface area contributed by atoms with Gasteiger partial charge in [0.05, 0.1) is 6.10 Å². The summed E-state index contributed by atoms with van der Waals surface area (Å²) in [6, 6.07) is 0. The fourth-order valence-electron chi connectivity index (χ4n) is 0.852. The molecule has 0 N–H and O–H groups in total. The topological polar surface area (TPSA) is 26.3 Å². The highest BCUT2D eigenvalue weighted by Gasteiger charge is 2.07. The van der Waals surface area contributed by atoms with E-state index in [4.69, 9.17) is 4.74 Å². The normalized spacial score (nSPS) is 13.4. The van der Waals surface area contributed by atoms with E-state index < -0.39 is 0 Å². The second kappa shape index (κ2) is 6.18. The summed E-state index contributed by atoms with van der Waals surface area (Å²) >= 11 is 0. The van der Waals surface area contributed by atoms with Gasteiger partial charge in [-0.2, -0.15) is 0 Å². The molecular formula is C10H20O2. The lowest BCUT2D eigenvalue weighted by molar-refractivity contribution is -0.125. The van der Waals surface area contributed by atoms with Crippen LogP contribution in [0.5, 0.6) is 0 Å². The second-order valence-electron chi connectivity index (χ2n) is 3.62. The molecule has 1 unspecified atom stereocenters. The number of ether oxygens (including phenoxy) is 1. The smallest absolute Gasteiger partial charge is 0.158 e. The molecule has 0 aromatic rings. The third-order valence-electron chi connectivity index (χ3n) is 1.85. The third-order valence-corrected chi connectivity index (χ3v) is 1.85. The van der Waals surface area contributed by atoms with Crippen LogP contribution >= 0.6 is 0 Å². The zero-order valence-corrected chi connectivity index (χ0v) is 8.59. The van der Waals surface area contributed by atoms with Gasteiger partial charge in [-0.05, 0) is 19.8 Å². The molecule has 0 bridgehead atoms. The quantitative estimate of drug-likeness (QED) is 0.615. The van der Waals surface area contributed by atoms with E-state index in [1.54, 1.807) is 0 Å². The minimum Gasteiger partial charge on any atom is -0.371 e. The maximum atomic E-state index is 11.2. The molecule has 72 valence electrons. The number of hydrogen-bond donors (Lipinski definition) is 0. The molecule has 12 heavy (non-hydrogen) atoms. The van der Waals surface area contributed by atoms with Gasteiger partial charge in [0.15, 0.2) is 5.78 Å². The van der Waals surface area contributed by atoms with E-state index in [1.165, 1.54) is 0 Å². The molecule has 0 amide bonds. The predicted octanol–water partition coefficient (Wildman–Crippen LogP) is 2.42. The number of carbonyl (C=O) groups excluding carboxylic acids is 1. The van der Waals surface area contributed by atoms with Gasteiger partial charge in [0.1, 0.15) is 6.61 Å². The Labute approximate surface area is 75.3 Å². The van der Waals surface area contributed by atoms with Crippen LogP contribution in [0.3, 0.4) is 0 Å². The van der Waals surface area contributed by atoms with Crippen molar-refractivity contribution in [3.05, 3.63) is 0 Å². The number of Topliss-reactive ketones (excluding diaryl/α,β-unsaturated/α-hetero) is 1. The maximum Gasteiger partial charge on any atom is 0.158 e. The van der Waals surface area contributed by atoms with Gasteiger partial charge in [-0.15, -0.1) is 0 Å². The SMILES string of the molecule is CCC(C)CC(=O)COC(C)C. The van der Waals surface area contributed by atoms with Gasteiger partial charge in [0.25, 0.3) is 0 Å². The minimum atomic E-state index is 0.158. The van der Waals surface area contributed by atoms with Gasteiger partial charge in [0, 0.05) is 6.42 Å². The zero-order valence-electron chi connectivity index (χ0n) is 8.59. The second-order valence-corrected chi connectivity index (χ2v) is 3.62. The van der Waals surface area contributed by atoms with Gasteiger partial charge < -0.3 is 4.74 Å². The number of hydrogen-bond acceptors (Lipinski definition) is 2. The molecule has 1 atom stereocenters. The van der Waals surface area contributed by atoms with Crippen LogP contribution in [-0.4, -0.2) is 18.5 Å². The average Bonchev–Trinajstić information content (AvgIpc) is 2.00. The fourth-order valence-corrected chi connectivity index (χ4v) is 0.852. The molecular weight excluding hydrogens is 152 g/mol. The van der Waals surface area contributed by atoms with Crippen LogP contribution in [0.1, 0.15) is 40.5 Å². The summed E-state index contributed by atoms with van der Waals surface area (Å²) in [5, 5.41) is 0. The van der Waals surface area contributed by atoms with E-state index in [9.17, 15) is 4.79 Å². The molecule has 0 saturated carbocycles.